The van der Waals surface area contributed by atoms with Gasteiger partial charge in [-0.15, -0.1) is 0 Å². The maximum Gasteiger partial charge on any atom is 0.432 e. The third-order valence-corrected chi connectivity index (χ3v) is 2.41. The molecule has 0 atom stereocenters. The Morgan fingerprint density at radius 3 is 1.67 bits per heavy atom. The largest absolute Gasteiger partial charge is 0.432 e. The van der Waals surface area contributed by atoms with Crippen molar-refractivity contribution in [1.29, 1.82) is 0 Å². The average Bonchev–Trinajstić information content (AvgIpc) is 2.35. The van der Waals surface area contributed by atoms with Crippen LogP contribution in [0.2, 0.25) is 0 Å². The van der Waals surface area contributed by atoms with E-state index in [0.29, 0.717) is 6.07 Å². The molecule has 0 saturated heterocycles. The first kappa shape index (κ1) is 19.4. The number of nitrogens with zero attached hydrogens (tertiary/aromatic N) is 1. The Hall–Kier alpha value is -1.57. The molecule has 1 aromatic heterocycles. The van der Waals surface area contributed by atoms with E-state index in [4.69, 9.17) is 5.11 Å². The van der Waals surface area contributed by atoms with Gasteiger partial charge in [-0.05, 0) is 32.9 Å². The number of halogens is 6. The number of aryl methyl sites for hydroxylation is 1. The summed E-state index contributed by atoms with van der Waals surface area (Å²) in [5.74, 6) is 0. The molecule has 0 fully saturated rings. The minimum atomic E-state index is -5.90. The third kappa shape index (κ3) is 4.45. The van der Waals surface area contributed by atoms with E-state index in [9.17, 15) is 26.3 Å². The summed E-state index contributed by atoms with van der Waals surface area (Å²) in [4.78, 5) is 3.09. The van der Waals surface area contributed by atoms with Gasteiger partial charge in [0.15, 0.2) is 0 Å². The van der Waals surface area contributed by atoms with Crippen LogP contribution in [0.25, 0.3) is 0 Å². The first-order valence-corrected chi connectivity index (χ1v) is 5.79. The van der Waals surface area contributed by atoms with Gasteiger partial charge in [0.2, 0.25) is 0 Å². The van der Waals surface area contributed by atoms with Gasteiger partial charge in [-0.3, -0.25) is 4.98 Å². The van der Waals surface area contributed by atoms with Crippen LogP contribution in [0.5, 0.6) is 0 Å². The van der Waals surface area contributed by atoms with Crippen molar-refractivity contribution in [2.75, 3.05) is 0 Å². The van der Waals surface area contributed by atoms with Crippen molar-refractivity contribution < 1.29 is 31.4 Å². The first-order chi connectivity index (χ1) is 9.41. The maximum atomic E-state index is 12.4. The van der Waals surface area contributed by atoms with Crippen molar-refractivity contribution in [2.45, 2.75) is 38.7 Å². The van der Waals surface area contributed by atoms with E-state index < -0.39 is 23.6 Å². The Bertz CT molecular complexity index is 460. The highest BCUT2D eigenvalue weighted by Crippen LogP contribution is 2.49. The van der Waals surface area contributed by atoms with Gasteiger partial charge in [0, 0.05) is 5.69 Å². The van der Waals surface area contributed by atoms with E-state index >= 15 is 0 Å². The zero-order valence-electron chi connectivity index (χ0n) is 11.5. The van der Waals surface area contributed by atoms with Crippen LogP contribution in [0, 0.1) is 6.92 Å². The van der Waals surface area contributed by atoms with Gasteiger partial charge in [-0.1, -0.05) is 18.2 Å². The average molecular weight is 315 g/mol. The van der Waals surface area contributed by atoms with Crippen LogP contribution in [0.15, 0.2) is 30.4 Å². The Kier molecular flexibility index (Phi) is 6.41. The van der Waals surface area contributed by atoms with Gasteiger partial charge in [-0.2, -0.15) is 26.3 Å². The SMILES string of the molecule is C/C=C/C.Cc1cccc(C(O)(C(F)(F)F)C(F)(F)F)n1. The normalized spacial score (nSPS) is 13.0. The van der Waals surface area contributed by atoms with Crippen LogP contribution < -0.4 is 0 Å². The molecule has 0 saturated carbocycles. The fourth-order valence-corrected chi connectivity index (χ4v) is 1.20. The molecule has 1 N–H and O–H groups in total. The van der Waals surface area contributed by atoms with E-state index in [1.807, 2.05) is 26.0 Å². The lowest BCUT2D eigenvalue weighted by Gasteiger charge is -2.31. The lowest BCUT2D eigenvalue weighted by atomic mass is 9.97. The van der Waals surface area contributed by atoms with Crippen LogP contribution in [0.1, 0.15) is 25.2 Å². The standard InChI is InChI=1S/C9H7F6NO.C4H8/c1-5-3-2-4-6(16-5)7(17,8(10,11)12)9(13,14)15;1-3-4-2/h2-4,17H,1H3;3-4H,1-2H3/b;4-3+. The van der Waals surface area contributed by atoms with E-state index in [2.05, 4.69) is 4.98 Å². The first-order valence-electron chi connectivity index (χ1n) is 5.79. The highest BCUT2D eigenvalue weighted by atomic mass is 19.4. The lowest BCUT2D eigenvalue weighted by Crippen LogP contribution is -2.54. The van der Waals surface area contributed by atoms with Gasteiger partial charge in [0.05, 0.1) is 5.69 Å². The summed E-state index contributed by atoms with van der Waals surface area (Å²) >= 11 is 0. The predicted molar refractivity (Wildman–Crippen MR) is 65.5 cm³/mol. The van der Waals surface area contributed by atoms with Crippen molar-refractivity contribution in [3.8, 4) is 0 Å². The fraction of sp³-hybridized carbons (Fsp3) is 0.462. The second kappa shape index (κ2) is 6.93. The molecule has 0 bridgehead atoms. The molecule has 0 amide bonds. The van der Waals surface area contributed by atoms with Crippen molar-refractivity contribution in [3.05, 3.63) is 41.7 Å². The van der Waals surface area contributed by atoms with Crippen molar-refractivity contribution >= 4 is 0 Å². The molecule has 0 aliphatic rings. The summed E-state index contributed by atoms with van der Waals surface area (Å²) in [6.07, 6.45) is -7.79. The summed E-state index contributed by atoms with van der Waals surface area (Å²) in [5, 5.41) is 8.97. The second-order valence-corrected chi connectivity index (χ2v) is 4.04. The highest BCUT2D eigenvalue weighted by molar-refractivity contribution is 5.21. The summed E-state index contributed by atoms with van der Waals surface area (Å²) in [7, 11) is 0. The molecule has 120 valence electrons. The summed E-state index contributed by atoms with van der Waals surface area (Å²) in [5.41, 5.74) is -6.50. The monoisotopic (exact) mass is 315 g/mol. The molecular formula is C13H15F6NO. The van der Waals surface area contributed by atoms with Gasteiger partial charge < -0.3 is 5.11 Å². The molecule has 21 heavy (non-hydrogen) atoms. The lowest BCUT2D eigenvalue weighted by molar-refractivity contribution is -0.377. The van der Waals surface area contributed by atoms with Crippen molar-refractivity contribution in [2.24, 2.45) is 0 Å². The zero-order chi connectivity index (χ0) is 16.9. The van der Waals surface area contributed by atoms with Crippen LogP contribution in [-0.4, -0.2) is 22.4 Å². The van der Waals surface area contributed by atoms with Crippen molar-refractivity contribution in [3.63, 3.8) is 0 Å². The summed E-state index contributed by atoms with van der Waals surface area (Å²) in [6.45, 7) is 5.22. The molecule has 8 heteroatoms. The second-order valence-electron chi connectivity index (χ2n) is 4.04. The van der Waals surface area contributed by atoms with E-state index in [1.54, 1.807) is 0 Å². The number of rotatable bonds is 1. The Morgan fingerprint density at radius 2 is 1.38 bits per heavy atom. The minimum Gasteiger partial charge on any atom is -0.368 e. The molecule has 1 rings (SSSR count). The molecule has 1 heterocycles. The molecule has 0 aromatic carbocycles. The molecule has 0 spiro atoms. The molecule has 0 radical (unpaired) electrons. The molecule has 0 aliphatic heterocycles. The number of hydrogen-bond donors (Lipinski definition) is 1. The molecule has 0 aliphatic carbocycles. The van der Waals surface area contributed by atoms with Crippen LogP contribution in [0.4, 0.5) is 26.3 Å². The van der Waals surface area contributed by atoms with Crippen molar-refractivity contribution in [1.82, 2.24) is 4.98 Å². The highest BCUT2D eigenvalue weighted by Gasteiger charge is 2.72. The topological polar surface area (TPSA) is 33.1 Å². The van der Waals surface area contributed by atoms with Gasteiger partial charge in [0.25, 0.3) is 5.60 Å². The molecule has 0 unspecified atom stereocenters. The van der Waals surface area contributed by atoms with Crippen LogP contribution in [-0.2, 0) is 5.60 Å². The number of aliphatic hydroxyl groups is 1. The van der Waals surface area contributed by atoms with Gasteiger partial charge >= 0.3 is 12.4 Å². The number of hydrogen-bond acceptors (Lipinski definition) is 2. The summed E-state index contributed by atoms with van der Waals surface area (Å²) in [6, 6.07) is 2.66. The number of alkyl halides is 6. The summed E-state index contributed by atoms with van der Waals surface area (Å²) < 4.78 is 74.4. The molecule has 2 nitrogen and oxygen atoms in total. The van der Waals surface area contributed by atoms with Gasteiger partial charge in [-0.25, -0.2) is 0 Å². The fourth-order valence-electron chi connectivity index (χ4n) is 1.20. The zero-order valence-corrected chi connectivity index (χ0v) is 11.5. The van der Waals surface area contributed by atoms with Crippen LogP contribution in [0.3, 0.4) is 0 Å². The van der Waals surface area contributed by atoms with Crippen LogP contribution >= 0.6 is 0 Å². The predicted octanol–water partition coefficient (Wildman–Crippen LogP) is 4.28. The smallest absolute Gasteiger partial charge is 0.368 e. The Labute approximate surface area is 118 Å². The van der Waals surface area contributed by atoms with Gasteiger partial charge in [0.1, 0.15) is 0 Å². The number of pyridine rings is 1. The third-order valence-electron chi connectivity index (χ3n) is 2.41. The quantitative estimate of drug-likeness (QED) is 0.620. The molecular weight excluding hydrogens is 300 g/mol. The molecule has 1 aromatic rings. The Balaban J connectivity index is 0.000000885. The number of allylic oxidation sites excluding steroid dienone is 2. The van der Waals surface area contributed by atoms with E-state index in [-0.39, 0.29) is 5.69 Å². The number of aromatic nitrogens is 1. The maximum absolute atomic E-state index is 12.4. The van der Waals surface area contributed by atoms with E-state index in [0.717, 1.165) is 6.07 Å². The Morgan fingerprint density at radius 1 is 0.952 bits per heavy atom. The van der Waals surface area contributed by atoms with E-state index in [1.165, 1.54) is 13.0 Å². The minimum absolute atomic E-state index is 0.0607.